The lowest BCUT2D eigenvalue weighted by molar-refractivity contribution is 0.394. The summed E-state index contributed by atoms with van der Waals surface area (Å²) in [6, 6.07) is 4.15. The smallest absolute Gasteiger partial charge is 0.213 e. The maximum absolute atomic E-state index is 5.12. The number of hydrogen-bond donors (Lipinski definition) is 1. The summed E-state index contributed by atoms with van der Waals surface area (Å²) < 4.78 is 5.12. The van der Waals surface area contributed by atoms with E-state index in [0.717, 1.165) is 19.0 Å². The minimum absolute atomic E-state index is 0. The van der Waals surface area contributed by atoms with Gasteiger partial charge >= 0.3 is 0 Å². The monoisotopic (exact) mass is 228 g/mol. The van der Waals surface area contributed by atoms with Gasteiger partial charge in [-0.1, -0.05) is 0 Å². The summed E-state index contributed by atoms with van der Waals surface area (Å²) in [5.41, 5.74) is 1.36. The molecule has 1 fully saturated rings. The van der Waals surface area contributed by atoms with Crippen molar-refractivity contribution in [3.05, 3.63) is 23.9 Å². The molecule has 15 heavy (non-hydrogen) atoms. The Morgan fingerprint density at radius 3 is 2.80 bits per heavy atom. The standard InChI is InChI=1S/C11H16N2O.ClH/c1-14-11-8-10(4-7-13-11)9-2-5-12-6-3-9;/h4,7-9,12H,2-3,5-6H2,1H3;1H. The average Bonchev–Trinajstić information content (AvgIpc) is 2.30. The van der Waals surface area contributed by atoms with E-state index < -0.39 is 0 Å². The van der Waals surface area contributed by atoms with Gasteiger partial charge in [0.1, 0.15) is 0 Å². The first kappa shape index (κ1) is 12.3. The fourth-order valence-corrected chi connectivity index (χ4v) is 1.95. The lowest BCUT2D eigenvalue weighted by Gasteiger charge is -2.22. The molecule has 1 saturated heterocycles. The fourth-order valence-electron chi connectivity index (χ4n) is 1.95. The molecule has 0 amide bonds. The lowest BCUT2D eigenvalue weighted by atomic mass is 9.91. The van der Waals surface area contributed by atoms with Crippen molar-refractivity contribution in [1.29, 1.82) is 0 Å². The molecule has 1 aliphatic rings. The first-order valence-electron chi connectivity index (χ1n) is 5.11. The zero-order valence-electron chi connectivity index (χ0n) is 8.90. The van der Waals surface area contributed by atoms with Gasteiger partial charge < -0.3 is 10.1 Å². The number of methoxy groups -OCH3 is 1. The summed E-state index contributed by atoms with van der Waals surface area (Å²) in [7, 11) is 1.66. The molecule has 0 aliphatic carbocycles. The molecule has 2 heterocycles. The molecule has 3 nitrogen and oxygen atoms in total. The number of rotatable bonds is 2. The Labute approximate surface area is 96.7 Å². The number of nitrogens with one attached hydrogen (secondary N) is 1. The number of piperidine rings is 1. The van der Waals surface area contributed by atoms with Gasteiger partial charge in [0.05, 0.1) is 7.11 Å². The Balaban J connectivity index is 0.00000112. The van der Waals surface area contributed by atoms with E-state index in [9.17, 15) is 0 Å². The van der Waals surface area contributed by atoms with Gasteiger partial charge in [0.15, 0.2) is 0 Å². The predicted molar refractivity (Wildman–Crippen MR) is 62.9 cm³/mol. The van der Waals surface area contributed by atoms with Crippen LogP contribution in [0.25, 0.3) is 0 Å². The van der Waals surface area contributed by atoms with Crippen LogP contribution in [0.4, 0.5) is 0 Å². The molecule has 1 aliphatic heterocycles. The van der Waals surface area contributed by atoms with Crippen molar-refractivity contribution in [1.82, 2.24) is 10.3 Å². The van der Waals surface area contributed by atoms with Gasteiger partial charge in [-0.05, 0) is 43.5 Å². The Hall–Kier alpha value is -0.800. The number of pyridine rings is 1. The SMILES string of the molecule is COc1cc(C2CCNCC2)ccn1.Cl. The predicted octanol–water partition coefficient (Wildman–Crippen LogP) is 1.98. The third-order valence-electron chi connectivity index (χ3n) is 2.78. The molecule has 4 heteroatoms. The highest BCUT2D eigenvalue weighted by Gasteiger charge is 2.15. The van der Waals surface area contributed by atoms with E-state index in [2.05, 4.69) is 22.4 Å². The first-order chi connectivity index (χ1) is 6.90. The van der Waals surface area contributed by atoms with Crippen LogP contribution in [0.3, 0.4) is 0 Å². The van der Waals surface area contributed by atoms with Gasteiger partial charge in [-0.15, -0.1) is 12.4 Å². The molecule has 1 aromatic rings. The molecule has 0 atom stereocenters. The Morgan fingerprint density at radius 1 is 1.40 bits per heavy atom. The highest BCUT2D eigenvalue weighted by atomic mass is 35.5. The molecule has 2 rings (SSSR count). The molecule has 0 aromatic carbocycles. The van der Waals surface area contributed by atoms with Crippen molar-refractivity contribution >= 4 is 12.4 Å². The van der Waals surface area contributed by atoms with Crippen molar-refractivity contribution < 1.29 is 4.74 Å². The van der Waals surface area contributed by atoms with E-state index in [1.807, 2.05) is 6.20 Å². The molecule has 0 spiro atoms. The van der Waals surface area contributed by atoms with E-state index in [1.54, 1.807) is 7.11 Å². The van der Waals surface area contributed by atoms with Gasteiger partial charge in [0.2, 0.25) is 5.88 Å². The van der Waals surface area contributed by atoms with Gasteiger partial charge in [0.25, 0.3) is 0 Å². The quantitative estimate of drug-likeness (QED) is 0.841. The van der Waals surface area contributed by atoms with E-state index in [-0.39, 0.29) is 12.4 Å². The average molecular weight is 229 g/mol. The van der Waals surface area contributed by atoms with Crippen LogP contribution in [0.5, 0.6) is 5.88 Å². The molecule has 1 N–H and O–H groups in total. The van der Waals surface area contributed by atoms with Gasteiger partial charge in [-0.3, -0.25) is 0 Å². The summed E-state index contributed by atoms with van der Waals surface area (Å²) in [4.78, 5) is 4.11. The van der Waals surface area contributed by atoms with Crippen LogP contribution in [0.15, 0.2) is 18.3 Å². The van der Waals surface area contributed by atoms with Gasteiger partial charge in [-0.2, -0.15) is 0 Å². The third kappa shape index (κ3) is 3.08. The Morgan fingerprint density at radius 2 is 2.13 bits per heavy atom. The topological polar surface area (TPSA) is 34.1 Å². The number of aromatic nitrogens is 1. The van der Waals surface area contributed by atoms with Crippen molar-refractivity contribution in [2.75, 3.05) is 20.2 Å². The van der Waals surface area contributed by atoms with Crippen molar-refractivity contribution in [3.8, 4) is 5.88 Å². The van der Waals surface area contributed by atoms with Crippen LogP contribution >= 0.6 is 12.4 Å². The zero-order chi connectivity index (χ0) is 9.80. The van der Waals surface area contributed by atoms with Crippen molar-refractivity contribution in [3.63, 3.8) is 0 Å². The second-order valence-corrected chi connectivity index (χ2v) is 3.66. The van der Waals surface area contributed by atoms with Crippen LogP contribution in [0, 0.1) is 0 Å². The molecular formula is C11H17ClN2O. The molecule has 84 valence electrons. The number of ether oxygens (including phenoxy) is 1. The highest BCUT2D eigenvalue weighted by Crippen LogP contribution is 2.26. The number of hydrogen-bond acceptors (Lipinski definition) is 3. The van der Waals surface area contributed by atoms with Crippen LogP contribution < -0.4 is 10.1 Å². The molecule has 0 unspecified atom stereocenters. The summed E-state index contributed by atoms with van der Waals surface area (Å²) in [6.07, 6.45) is 4.26. The van der Waals surface area contributed by atoms with Crippen LogP contribution in [-0.4, -0.2) is 25.2 Å². The minimum atomic E-state index is 0. The van der Waals surface area contributed by atoms with Crippen LogP contribution in [0.1, 0.15) is 24.3 Å². The normalized spacial score (nSPS) is 16.9. The highest BCUT2D eigenvalue weighted by molar-refractivity contribution is 5.85. The maximum atomic E-state index is 5.12. The third-order valence-corrected chi connectivity index (χ3v) is 2.78. The van der Waals surface area contributed by atoms with Gasteiger partial charge in [-0.25, -0.2) is 4.98 Å². The minimum Gasteiger partial charge on any atom is -0.481 e. The van der Waals surface area contributed by atoms with Crippen molar-refractivity contribution in [2.24, 2.45) is 0 Å². The second-order valence-electron chi connectivity index (χ2n) is 3.66. The molecule has 0 bridgehead atoms. The summed E-state index contributed by atoms with van der Waals surface area (Å²) in [5, 5.41) is 3.37. The fraction of sp³-hybridized carbons (Fsp3) is 0.545. The van der Waals surface area contributed by atoms with E-state index in [1.165, 1.54) is 18.4 Å². The molecule has 0 radical (unpaired) electrons. The van der Waals surface area contributed by atoms with Crippen molar-refractivity contribution in [2.45, 2.75) is 18.8 Å². The van der Waals surface area contributed by atoms with E-state index in [4.69, 9.17) is 4.74 Å². The molecule has 1 aromatic heterocycles. The number of halogens is 1. The van der Waals surface area contributed by atoms with E-state index in [0.29, 0.717) is 5.92 Å². The summed E-state index contributed by atoms with van der Waals surface area (Å²) in [5.74, 6) is 1.40. The Kier molecular flexibility index (Phi) is 4.85. The maximum Gasteiger partial charge on any atom is 0.213 e. The molecule has 0 saturated carbocycles. The first-order valence-corrected chi connectivity index (χ1v) is 5.11. The largest absolute Gasteiger partial charge is 0.481 e. The number of nitrogens with zero attached hydrogens (tertiary/aromatic N) is 1. The Bertz CT molecular complexity index is 300. The molecular weight excluding hydrogens is 212 g/mol. The van der Waals surface area contributed by atoms with Crippen LogP contribution in [-0.2, 0) is 0 Å². The zero-order valence-corrected chi connectivity index (χ0v) is 9.72. The van der Waals surface area contributed by atoms with Gasteiger partial charge in [0, 0.05) is 12.3 Å². The van der Waals surface area contributed by atoms with E-state index >= 15 is 0 Å². The lowest BCUT2D eigenvalue weighted by Crippen LogP contribution is -2.26. The second kappa shape index (κ2) is 5.93. The van der Waals surface area contributed by atoms with Crippen LogP contribution in [0.2, 0.25) is 0 Å². The summed E-state index contributed by atoms with van der Waals surface area (Å²) >= 11 is 0. The summed E-state index contributed by atoms with van der Waals surface area (Å²) in [6.45, 7) is 2.24.